The van der Waals surface area contributed by atoms with Crippen molar-refractivity contribution in [1.82, 2.24) is 19.5 Å². The average molecular weight is 268 g/mol. The lowest BCUT2D eigenvalue weighted by Gasteiger charge is -2.16. The molecule has 2 aromatic heterocycles. The number of nitrogens with two attached hydrogens (primary N) is 2. The van der Waals surface area contributed by atoms with Crippen molar-refractivity contribution in [3.63, 3.8) is 0 Å². The lowest BCUT2D eigenvalue weighted by Crippen LogP contribution is -2.37. The van der Waals surface area contributed by atoms with Gasteiger partial charge in [-0.1, -0.05) is 0 Å². The number of nitrogen functional groups attached to an aromatic ring is 1. The predicted molar refractivity (Wildman–Crippen MR) is 63.6 cm³/mol. The number of imidazole rings is 1. The lowest BCUT2D eigenvalue weighted by molar-refractivity contribution is -0.0338. The Labute approximate surface area is 107 Å². The Balaban J connectivity index is 2.04. The molecule has 9 heteroatoms. The maximum atomic E-state index is 13.8. The standard InChI is InChI=1S/C10H13FN6O2/c11-5-4(1-18)19-10(6(5)12)17-3-16-7-8(13)14-2-15-9(7)17/h2-6,10,18H,1,12H2,(H2,13,14,15). The van der Waals surface area contributed by atoms with Crippen LogP contribution < -0.4 is 11.5 Å². The molecule has 3 heterocycles. The van der Waals surface area contributed by atoms with Gasteiger partial charge in [0.05, 0.1) is 19.0 Å². The third-order valence-electron chi connectivity index (χ3n) is 3.21. The van der Waals surface area contributed by atoms with Crippen LogP contribution in [0.2, 0.25) is 0 Å². The Morgan fingerprint density at radius 2 is 2.21 bits per heavy atom. The van der Waals surface area contributed by atoms with E-state index in [2.05, 4.69) is 15.0 Å². The first-order valence-electron chi connectivity index (χ1n) is 5.72. The van der Waals surface area contributed by atoms with E-state index in [0.717, 1.165) is 0 Å². The fourth-order valence-electron chi connectivity index (χ4n) is 2.20. The third kappa shape index (κ3) is 1.74. The van der Waals surface area contributed by atoms with Crippen molar-refractivity contribution in [2.45, 2.75) is 24.5 Å². The van der Waals surface area contributed by atoms with E-state index in [1.807, 2.05) is 0 Å². The molecule has 0 aliphatic carbocycles. The molecule has 0 aromatic carbocycles. The Morgan fingerprint density at radius 1 is 1.42 bits per heavy atom. The molecule has 1 aliphatic heterocycles. The summed E-state index contributed by atoms with van der Waals surface area (Å²) in [4.78, 5) is 11.9. The summed E-state index contributed by atoms with van der Waals surface area (Å²) in [5.74, 6) is 0.228. The molecule has 0 radical (unpaired) electrons. The molecule has 1 aliphatic rings. The molecule has 3 rings (SSSR count). The van der Waals surface area contributed by atoms with Gasteiger partial charge in [0.15, 0.2) is 17.7 Å². The first-order chi connectivity index (χ1) is 9.13. The molecular formula is C10H13FN6O2. The summed E-state index contributed by atoms with van der Waals surface area (Å²) in [5.41, 5.74) is 12.3. The second-order valence-corrected chi connectivity index (χ2v) is 4.35. The molecule has 0 spiro atoms. The van der Waals surface area contributed by atoms with Crippen LogP contribution in [0.1, 0.15) is 6.23 Å². The molecule has 1 fully saturated rings. The number of halogens is 1. The number of anilines is 1. The number of aliphatic hydroxyl groups excluding tert-OH is 1. The van der Waals surface area contributed by atoms with Gasteiger partial charge in [0.25, 0.3) is 0 Å². The molecule has 19 heavy (non-hydrogen) atoms. The molecule has 8 nitrogen and oxygen atoms in total. The minimum atomic E-state index is -1.45. The number of fused-ring (bicyclic) bond motifs is 1. The van der Waals surface area contributed by atoms with Gasteiger partial charge in [-0.3, -0.25) is 4.57 Å². The summed E-state index contributed by atoms with van der Waals surface area (Å²) in [6, 6.07) is -0.911. The summed E-state index contributed by atoms with van der Waals surface area (Å²) in [6.07, 6.45) is -0.478. The monoisotopic (exact) mass is 268 g/mol. The molecule has 0 bridgehead atoms. The van der Waals surface area contributed by atoms with Crippen LogP contribution in [-0.4, -0.2) is 49.5 Å². The zero-order valence-electron chi connectivity index (χ0n) is 9.85. The highest BCUT2D eigenvalue weighted by Crippen LogP contribution is 2.32. The Kier molecular flexibility index (Phi) is 2.81. The van der Waals surface area contributed by atoms with Crippen LogP contribution in [0.15, 0.2) is 12.7 Å². The van der Waals surface area contributed by atoms with Crippen molar-refractivity contribution >= 4 is 17.0 Å². The number of rotatable bonds is 2. The van der Waals surface area contributed by atoms with Crippen molar-refractivity contribution in [3.8, 4) is 0 Å². The largest absolute Gasteiger partial charge is 0.394 e. The fourth-order valence-corrected chi connectivity index (χ4v) is 2.20. The van der Waals surface area contributed by atoms with Crippen LogP contribution in [0.25, 0.3) is 11.2 Å². The SMILES string of the molecule is Nc1ncnc2c1ncn2C1OC(CO)C(F)C1N. The molecule has 0 amide bonds. The molecule has 1 saturated heterocycles. The van der Waals surface area contributed by atoms with E-state index in [4.69, 9.17) is 21.3 Å². The second-order valence-electron chi connectivity index (χ2n) is 4.35. The van der Waals surface area contributed by atoms with E-state index >= 15 is 0 Å². The Morgan fingerprint density at radius 3 is 2.89 bits per heavy atom. The van der Waals surface area contributed by atoms with Gasteiger partial charge >= 0.3 is 0 Å². The van der Waals surface area contributed by atoms with Gasteiger partial charge < -0.3 is 21.3 Å². The van der Waals surface area contributed by atoms with Gasteiger partial charge in [-0.05, 0) is 0 Å². The maximum absolute atomic E-state index is 13.8. The van der Waals surface area contributed by atoms with Crippen LogP contribution in [0.4, 0.5) is 10.2 Å². The summed E-state index contributed by atoms with van der Waals surface area (Å²) in [7, 11) is 0. The van der Waals surface area contributed by atoms with E-state index in [1.54, 1.807) is 0 Å². The van der Waals surface area contributed by atoms with E-state index in [0.29, 0.717) is 11.2 Å². The van der Waals surface area contributed by atoms with E-state index in [9.17, 15) is 4.39 Å². The van der Waals surface area contributed by atoms with Gasteiger partial charge in [0.2, 0.25) is 0 Å². The number of aliphatic hydroxyl groups is 1. The number of nitrogens with zero attached hydrogens (tertiary/aromatic N) is 4. The predicted octanol–water partition coefficient (Wildman–Crippen LogP) is -1.04. The van der Waals surface area contributed by atoms with Crippen LogP contribution in [-0.2, 0) is 4.74 Å². The van der Waals surface area contributed by atoms with Crippen molar-refractivity contribution in [2.24, 2.45) is 5.73 Å². The molecular weight excluding hydrogens is 255 g/mol. The second kappa shape index (κ2) is 4.37. The molecule has 4 atom stereocenters. The summed E-state index contributed by atoms with van der Waals surface area (Å²) >= 11 is 0. The highest BCUT2D eigenvalue weighted by Gasteiger charge is 2.44. The average Bonchev–Trinajstić information content (AvgIpc) is 2.94. The third-order valence-corrected chi connectivity index (χ3v) is 3.21. The zero-order valence-corrected chi connectivity index (χ0v) is 9.85. The molecule has 2 aromatic rings. The first kappa shape index (κ1) is 12.2. The van der Waals surface area contributed by atoms with Crippen LogP contribution in [0.5, 0.6) is 0 Å². The molecule has 0 saturated carbocycles. The number of ether oxygens (including phenoxy) is 1. The normalized spacial score (nSPS) is 31.1. The number of alkyl halides is 1. The zero-order chi connectivity index (χ0) is 13.6. The quantitative estimate of drug-likeness (QED) is 0.635. The van der Waals surface area contributed by atoms with Gasteiger partial charge in [-0.15, -0.1) is 0 Å². The topological polar surface area (TPSA) is 125 Å². The molecule has 102 valence electrons. The lowest BCUT2D eigenvalue weighted by atomic mass is 10.1. The highest BCUT2D eigenvalue weighted by molar-refractivity contribution is 5.81. The van der Waals surface area contributed by atoms with Crippen molar-refractivity contribution in [1.29, 1.82) is 0 Å². The molecule has 5 N–H and O–H groups in total. The number of aromatic nitrogens is 4. The smallest absolute Gasteiger partial charge is 0.167 e. The summed E-state index contributed by atoms with van der Waals surface area (Å²) < 4.78 is 20.7. The minimum absolute atomic E-state index is 0.228. The summed E-state index contributed by atoms with van der Waals surface area (Å²) in [6.45, 7) is -0.435. The van der Waals surface area contributed by atoms with Gasteiger partial charge in [0.1, 0.15) is 24.1 Å². The van der Waals surface area contributed by atoms with Crippen LogP contribution in [0.3, 0.4) is 0 Å². The van der Waals surface area contributed by atoms with Crippen LogP contribution in [0, 0.1) is 0 Å². The van der Waals surface area contributed by atoms with E-state index < -0.39 is 31.2 Å². The minimum Gasteiger partial charge on any atom is -0.394 e. The molecule has 4 unspecified atom stereocenters. The Hall–Kier alpha value is -1.84. The van der Waals surface area contributed by atoms with Crippen molar-refractivity contribution in [2.75, 3.05) is 12.3 Å². The van der Waals surface area contributed by atoms with E-state index in [-0.39, 0.29) is 5.82 Å². The van der Waals surface area contributed by atoms with E-state index in [1.165, 1.54) is 17.2 Å². The van der Waals surface area contributed by atoms with Gasteiger partial charge in [-0.2, -0.15) is 0 Å². The number of hydrogen-bond donors (Lipinski definition) is 3. The fraction of sp³-hybridized carbons (Fsp3) is 0.500. The summed E-state index contributed by atoms with van der Waals surface area (Å²) in [5, 5.41) is 9.04. The maximum Gasteiger partial charge on any atom is 0.167 e. The van der Waals surface area contributed by atoms with Crippen molar-refractivity contribution < 1.29 is 14.2 Å². The highest BCUT2D eigenvalue weighted by atomic mass is 19.1. The van der Waals surface area contributed by atoms with Crippen molar-refractivity contribution in [3.05, 3.63) is 12.7 Å². The Bertz CT molecular complexity index is 605. The van der Waals surface area contributed by atoms with Gasteiger partial charge in [-0.25, -0.2) is 19.3 Å². The van der Waals surface area contributed by atoms with Gasteiger partial charge in [0, 0.05) is 0 Å². The number of hydrogen-bond acceptors (Lipinski definition) is 7. The first-order valence-corrected chi connectivity index (χ1v) is 5.72. The van der Waals surface area contributed by atoms with Crippen LogP contribution >= 0.6 is 0 Å².